The summed E-state index contributed by atoms with van der Waals surface area (Å²) in [6.07, 6.45) is 0.885. The number of benzene rings is 1. The molecule has 1 atom stereocenters. The van der Waals surface area contributed by atoms with Crippen LogP contribution in [0.25, 0.3) is 0 Å². The third kappa shape index (κ3) is 2.07. The molecule has 2 nitrogen and oxygen atoms in total. The molecular formula is C9H9BrFNO. The summed E-state index contributed by atoms with van der Waals surface area (Å²) in [4.78, 5) is 5.00. The molecule has 1 aromatic carbocycles. The standard InChI is InChI=1S/C9H9BrFNO/c10-7-3-6(4-8(11)5-7)9-1-2-13-12-9/h3-5,9,12H,1-2H2. The van der Waals surface area contributed by atoms with Crippen LogP contribution >= 0.6 is 15.9 Å². The molecule has 0 radical (unpaired) electrons. The first kappa shape index (κ1) is 9.12. The molecule has 1 aliphatic heterocycles. The predicted octanol–water partition coefficient (Wildman–Crippen LogP) is 2.55. The minimum atomic E-state index is -0.224. The van der Waals surface area contributed by atoms with Gasteiger partial charge in [-0.25, -0.2) is 4.39 Å². The van der Waals surface area contributed by atoms with Gasteiger partial charge in [0, 0.05) is 4.47 Å². The summed E-state index contributed by atoms with van der Waals surface area (Å²) in [5.41, 5.74) is 3.76. The molecule has 1 aliphatic rings. The van der Waals surface area contributed by atoms with E-state index in [2.05, 4.69) is 21.4 Å². The van der Waals surface area contributed by atoms with Gasteiger partial charge in [-0.15, -0.1) is 0 Å². The normalized spacial score (nSPS) is 22.2. The fourth-order valence-corrected chi connectivity index (χ4v) is 1.89. The van der Waals surface area contributed by atoms with E-state index in [4.69, 9.17) is 4.84 Å². The van der Waals surface area contributed by atoms with Crippen LogP contribution in [0.4, 0.5) is 4.39 Å². The van der Waals surface area contributed by atoms with Crippen LogP contribution < -0.4 is 5.48 Å². The third-order valence-electron chi connectivity index (χ3n) is 2.02. The Morgan fingerprint density at radius 3 is 2.92 bits per heavy atom. The Kier molecular flexibility index (Phi) is 2.62. The van der Waals surface area contributed by atoms with Crippen molar-refractivity contribution in [2.45, 2.75) is 12.5 Å². The van der Waals surface area contributed by atoms with Crippen LogP contribution in [0, 0.1) is 5.82 Å². The maximum absolute atomic E-state index is 13.0. The van der Waals surface area contributed by atoms with Gasteiger partial charge < -0.3 is 4.84 Å². The first-order valence-electron chi connectivity index (χ1n) is 4.09. The highest BCUT2D eigenvalue weighted by Gasteiger charge is 2.17. The molecule has 0 bridgehead atoms. The van der Waals surface area contributed by atoms with Crippen LogP contribution in [0.3, 0.4) is 0 Å². The fourth-order valence-electron chi connectivity index (χ4n) is 1.41. The van der Waals surface area contributed by atoms with Gasteiger partial charge in [0.2, 0.25) is 0 Å². The number of hydrogen-bond acceptors (Lipinski definition) is 2. The highest BCUT2D eigenvalue weighted by molar-refractivity contribution is 9.10. The smallest absolute Gasteiger partial charge is 0.124 e. The van der Waals surface area contributed by atoms with Crippen molar-refractivity contribution in [3.63, 3.8) is 0 Å². The number of rotatable bonds is 1. The fraction of sp³-hybridized carbons (Fsp3) is 0.333. The summed E-state index contributed by atoms with van der Waals surface area (Å²) >= 11 is 3.25. The van der Waals surface area contributed by atoms with E-state index in [1.807, 2.05) is 6.07 Å². The van der Waals surface area contributed by atoms with Gasteiger partial charge in [-0.05, 0) is 30.2 Å². The summed E-state index contributed by atoms with van der Waals surface area (Å²) in [7, 11) is 0. The van der Waals surface area contributed by atoms with Gasteiger partial charge in [0.25, 0.3) is 0 Å². The van der Waals surface area contributed by atoms with Gasteiger partial charge in [0.15, 0.2) is 0 Å². The molecule has 0 aromatic heterocycles. The van der Waals surface area contributed by atoms with E-state index in [1.165, 1.54) is 12.1 Å². The molecular weight excluding hydrogens is 237 g/mol. The maximum Gasteiger partial charge on any atom is 0.124 e. The molecule has 1 aromatic rings. The van der Waals surface area contributed by atoms with Crippen molar-refractivity contribution in [2.75, 3.05) is 6.61 Å². The molecule has 4 heteroatoms. The molecule has 70 valence electrons. The maximum atomic E-state index is 13.0. The number of nitrogens with one attached hydrogen (secondary N) is 1. The van der Waals surface area contributed by atoms with Gasteiger partial charge in [-0.2, -0.15) is 5.48 Å². The van der Waals surface area contributed by atoms with Crippen molar-refractivity contribution in [1.29, 1.82) is 0 Å². The van der Waals surface area contributed by atoms with Gasteiger partial charge in [0.1, 0.15) is 5.82 Å². The second-order valence-electron chi connectivity index (χ2n) is 3.01. The minimum Gasteiger partial charge on any atom is -0.301 e. The zero-order valence-corrected chi connectivity index (χ0v) is 8.47. The lowest BCUT2D eigenvalue weighted by atomic mass is 10.1. The van der Waals surface area contributed by atoms with E-state index < -0.39 is 0 Å². The Hall–Kier alpha value is -0.450. The number of halogens is 2. The molecule has 0 spiro atoms. The second kappa shape index (κ2) is 3.74. The van der Waals surface area contributed by atoms with E-state index in [0.717, 1.165) is 16.5 Å². The Morgan fingerprint density at radius 2 is 2.31 bits per heavy atom. The molecule has 0 aliphatic carbocycles. The Labute approximate surface area is 84.2 Å². The molecule has 0 saturated carbocycles. The number of hydrogen-bond donors (Lipinski definition) is 1. The zero-order valence-electron chi connectivity index (χ0n) is 6.89. The van der Waals surface area contributed by atoms with Gasteiger partial charge in [-0.1, -0.05) is 15.9 Å². The van der Waals surface area contributed by atoms with Crippen LogP contribution in [0.5, 0.6) is 0 Å². The van der Waals surface area contributed by atoms with Crippen molar-refractivity contribution in [2.24, 2.45) is 0 Å². The minimum absolute atomic E-state index is 0.118. The first-order valence-corrected chi connectivity index (χ1v) is 4.88. The van der Waals surface area contributed by atoms with Crippen LogP contribution in [0.1, 0.15) is 18.0 Å². The highest BCUT2D eigenvalue weighted by atomic mass is 79.9. The summed E-state index contributed by atoms with van der Waals surface area (Å²) in [6, 6.07) is 4.98. The number of hydroxylamine groups is 1. The van der Waals surface area contributed by atoms with Crippen LogP contribution in [0.2, 0.25) is 0 Å². The van der Waals surface area contributed by atoms with Gasteiger partial charge in [0.05, 0.1) is 12.6 Å². The van der Waals surface area contributed by atoms with E-state index in [9.17, 15) is 4.39 Å². The molecule has 1 heterocycles. The van der Waals surface area contributed by atoms with Crippen molar-refractivity contribution < 1.29 is 9.23 Å². The quantitative estimate of drug-likeness (QED) is 0.822. The van der Waals surface area contributed by atoms with Crippen molar-refractivity contribution >= 4 is 15.9 Å². The summed E-state index contributed by atoms with van der Waals surface area (Å²) < 4.78 is 13.7. The van der Waals surface area contributed by atoms with E-state index >= 15 is 0 Å². The summed E-state index contributed by atoms with van der Waals surface area (Å²) in [6.45, 7) is 0.679. The molecule has 0 amide bonds. The van der Waals surface area contributed by atoms with E-state index in [1.54, 1.807) is 0 Å². The molecule has 1 saturated heterocycles. The lowest BCUT2D eigenvalue weighted by Crippen LogP contribution is -2.11. The largest absolute Gasteiger partial charge is 0.301 e. The van der Waals surface area contributed by atoms with Gasteiger partial charge in [-0.3, -0.25) is 0 Å². The molecule has 1 unspecified atom stereocenters. The predicted molar refractivity (Wildman–Crippen MR) is 50.5 cm³/mol. The van der Waals surface area contributed by atoms with E-state index in [0.29, 0.717) is 6.61 Å². The Balaban J connectivity index is 2.28. The van der Waals surface area contributed by atoms with Crippen molar-refractivity contribution in [3.05, 3.63) is 34.1 Å². The second-order valence-corrected chi connectivity index (χ2v) is 3.93. The SMILES string of the molecule is Fc1cc(Br)cc(C2CCON2)c1. The lowest BCUT2D eigenvalue weighted by Gasteiger charge is -2.08. The zero-order chi connectivity index (χ0) is 9.26. The lowest BCUT2D eigenvalue weighted by molar-refractivity contribution is 0.0882. The Bertz CT molecular complexity index is 292. The molecule has 2 rings (SSSR count). The average Bonchev–Trinajstić information content (AvgIpc) is 2.53. The Morgan fingerprint density at radius 1 is 1.46 bits per heavy atom. The molecule has 13 heavy (non-hydrogen) atoms. The van der Waals surface area contributed by atoms with Crippen molar-refractivity contribution in [3.8, 4) is 0 Å². The third-order valence-corrected chi connectivity index (χ3v) is 2.48. The highest BCUT2D eigenvalue weighted by Crippen LogP contribution is 2.24. The van der Waals surface area contributed by atoms with Crippen LogP contribution in [-0.4, -0.2) is 6.61 Å². The monoisotopic (exact) mass is 245 g/mol. The van der Waals surface area contributed by atoms with Gasteiger partial charge >= 0.3 is 0 Å². The van der Waals surface area contributed by atoms with Crippen molar-refractivity contribution in [1.82, 2.24) is 5.48 Å². The summed E-state index contributed by atoms with van der Waals surface area (Å²) in [5.74, 6) is -0.224. The van der Waals surface area contributed by atoms with E-state index in [-0.39, 0.29) is 11.9 Å². The first-order chi connectivity index (χ1) is 6.25. The van der Waals surface area contributed by atoms with Crippen LogP contribution in [0.15, 0.2) is 22.7 Å². The summed E-state index contributed by atoms with van der Waals surface area (Å²) in [5, 5.41) is 0. The van der Waals surface area contributed by atoms with Crippen LogP contribution in [-0.2, 0) is 4.84 Å². The molecule has 1 fully saturated rings. The topological polar surface area (TPSA) is 21.3 Å². The average molecular weight is 246 g/mol. The molecule has 1 N–H and O–H groups in total.